The lowest BCUT2D eigenvalue weighted by molar-refractivity contribution is -0.143. The molecule has 5 heterocycles. The summed E-state index contributed by atoms with van der Waals surface area (Å²) in [5.74, 6) is -0.998. The molecule has 1 amide bonds. The Morgan fingerprint density at radius 2 is 1.80 bits per heavy atom. The van der Waals surface area contributed by atoms with Gasteiger partial charge in [-0.1, -0.05) is 0 Å². The molecular formula is C21H11F3N10O. The first-order valence-corrected chi connectivity index (χ1v) is 9.80. The van der Waals surface area contributed by atoms with Gasteiger partial charge < -0.3 is 5.32 Å². The van der Waals surface area contributed by atoms with Gasteiger partial charge in [0, 0.05) is 12.4 Å². The standard InChI is InChI=1S/C21H11F3N10O/c22-21(23,24)18-14(11-31-33(18)16-3-5-26-15-2-1-4-27-17(15)16)20(35)32-13-8-12(9-25)19(28-10-13)34-29-6-7-30-34/h1-8,10-11H,(H,32,35). The normalized spacial score (nSPS) is 11.4. The fraction of sp³-hybridized carbons (Fsp3) is 0.0476. The first kappa shape index (κ1) is 21.6. The number of alkyl halides is 3. The van der Waals surface area contributed by atoms with E-state index < -0.39 is 23.3 Å². The summed E-state index contributed by atoms with van der Waals surface area (Å²) in [5, 5.41) is 23.3. The number of nitrogens with zero attached hydrogens (tertiary/aromatic N) is 9. The maximum Gasteiger partial charge on any atom is 0.434 e. The van der Waals surface area contributed by atoms with Crippen LogP contribution >= 0.6 is 0 Å². The molecule has 5 aromatic heterocycles. The molecule has 0 aliphatic rings. The molecule has 0 saturated carbocycles. The number of hydrogen-bond donors (Lipinski definition) is 1. The quantitative estimate of drug-likeness (QED) is 0.418. The SMILES string of the molecule is N#Cc1cc(NC(=O)c2cnn(-c3ccnc4cccnc34)c2C(F)(F)F)cnc1-n1nccn1. The van der Waals surface area contributed by atoms with E-state index in [1.54, 1.807) is 12.1 Å². The lowest BCUT2D eigenvalue weighted by atomic mass is 10.2. The molecule has 0 radical (unpaired) electrons. The maximum absolute atomic E-state index is 14.1. The number of nitriles is 1. The van der Waals surface area contributed by atoms with Crippen molar-refractivity contribution in [1.82, 2.24) is 39.7 Å². The number of carbonyl (C=O) groups excluding carboxylic acids is 1. The van der Waals surface area contributed by atoms with Crippen molar-refractivity contribution in [2.75, 3.05) is 5.32 Å². The minimum atomic E-state index is -4.93. The molecule has 0 aliphatic heterocycles. The summed E-state index contributed by atoms with van der Waals surface area (Å²) in [6.07, 6.45) is 2.57. The number of hydrogen-bond acceptors (Lipinski definition) is 8. The largest absolute Gasteiger partial charge is 0.434 e. The third-order valence-corrected chi connectivity index (χ3v) is 4.84. The smallest absolute Gasteiger partial charge is 0.320 e. The number of carbonyl (C=O) groups is 1. The zero-order valence-corrected chi connectivity index (χ0v) is 17.3. The van der Waals surface area contributed by atoms with E-state index >= 15 is 0 Å². The summed E-state index contributed by atoms with van der Waals surface area (Å²) in [5.41, 5.74) is -1.47. The van der Waals surface area contributed by atoms with E-state index in [-0.39, 0.29) is 28.3 Å². The van der Waals surface area contributed by atoms with Gasteiger partial charge in [-0.05, 0) is 24.3 Å². The molecule has 0 fully saturated rings. The summed E-state index contributed by atoms with van der Waals surface area (Å²) < 4.78 is 42.9. The Balaban J connectivity index is 1.54. The van der Waals surface area contributed by atoms with E-state index in [1.165, 1.54) is 43.1 Å². The van der Waals surface area contributed by atoms with E-state index in [9.17, 15) is 23.2 Å². The molecule has 1 N–H and O–H groups in total. The van der Waals surface area contributed by atoms with Gasteiger partial charge in [-0.15, -0.1) is 4.80 Å². The van der Waals surface area contributed by atoms with Gasteiger partial charge in [-0.3, -0.25) is 14.8 Å². The second-order valence-electron chi connectivity index (χ2n) is 7.00. The summed E-state index contributed by atoms with van der Waals surface area (Å²) >= 11 is 0. The minimum Gasteiger partial charge on any atom is -0.320 e. The lowest BCUT2D eigenvalue weighted by Crippen LogP contribution is -2.21. The summed E-state index contributed by atoms with van der Waals surface area (Å²) in [6.45, 7) is 0. The molecule has 35 heavy (non-hydrogen) atoms. The van der Waals surface area contributed by atoms with Gasteiger partial charge >= 0.3 is 6.18 Å². The monoisotopic (exact) mass is 476 g/mol. The molecule has 0 unspecified atom stereocenters. The van der Waals surface area contributed by atoms with E-state index in [2.05, 4.69) is 35.6 Å². The molecule has 5 aromatic rings. The fourth-order valence-corrected chi connectivity index (χ4v) is 3.40. The third kappa shape index (κ3) is 3.91. The van der Waals surface area contributed by atoms with Crippen LogP contribution in [0.25, 0.3) is 22.5 Å². The predicted octanol–water partition coefficient (Wildman–Crippen LogP) is 2.93. The Bertz CT molecular complexity index is 1600. The van der Waals surface area contributed by atoms with Gasteiger partial charge in [-0.2, -0.15) is 33.7 Å². The Kier molecular flexibility index (Phi) is 5.13. The number of halogens is 3. The average Bonchev–Trinajstić information content (AvgIpc) is 3.54. The molecule has 0 aliphatic carbocycles. The molecule has 0 saturated heterocycles. The molecule has 14 heteroatoms. The van der Waals surface area contributed by atoms with Crippen molar-refractivity contribution in [3.8, 4) is 17.6 Å². The number of nitrogens with one attached hydrogen (secondary N) is 1. The first-order valence-electron chi connectivity index (χ1n) is 9.80. The van der Waals surface area contributed by atoms with Crippen molar-refractivity contribution in [2.24, 2.45) is 0 Å². The van der Waals surface area contributed by atoms with Crippen LogP contribution in [0.1, 0.15) is 21.6 Å². The van der Waals surface area contributed by atoms with Crippen LogP contribution in [-0.4, -0.2) is 45.6 Å². The van der Waals surface area contributed by atoms with Gasteiger partial charge in [0.15, 0.2) is 11.5 Å². The van der Waals surface area contributed by atoms with Crippen LogP contribution in [0.4, 0.5) is 18.9 Å². The van der Waals surface area contributed by atoms with Crippen LogP contribution in [0.2, 0.25) is 0 Å². The Morgan fingerprint density at radius 1 is 1.00 bits per heavy atom. The second kappa shape index (κ2) is 8.30. The third-order valence-electron chi connectivity index (χ3n) is 4.84. The van der Waals surface area contributed by atoms with E-state index in [1.807, 2.05) is 6.07 Å². The summed E-state index contributed by atoms with van der Waals surface area (Å²) in [7, 11) is 0. The van der Waals surface area contributed by atoms with Crippen LogP contribution in [0.3, 0.4) is 0 Å². The van der Waals surface area contributed by atoms with Crippen LogP contribution in [0.5, 0.6) is 0 Å². The van der Waals surface area contributed by atoms with Crippen LogP contribution in [-0.2, 0) is 6.18 Å². The van der Waals surface area contributed by atoms with E-state index in [0.717, 1.165) is 11.0 Å². The van der Waals surface area contributed by atoms with Gasteiger partial charge in [-0.25, -0.2) is 9.67 Å². The first-order chi connectivity index (χ1) is 16.9. The second-order valence-corrected chi connectivity index (χ2v) is 7.00. The Hall–Kier alpha value is -5.19. The highest BCUT2D eigenvalue weighted by Gasteiger charge is 2.41. The molecule has 0 spiro atoms. The molecule has 11 nitrogen and oxygen atoms in total. The predicted molar refractivity (Wildman–Crippen MR) is 113 cm³/mol. The molecule has 0 bridgehead atoms. The fourth-order valence-electron chi connectivity index (χ4n) is 3.40. The van der Waals surface area contributed by atoms with E-state index in [4.69, 9.17) is 0 Å². The molecule has 172 valence electrons. The Labute approximate surface area is 193 Å². The van der Waals surface area contributed by atoms with Crippen molar-refractivity contribution in [3.63, 3.8) is 0 Å². The zero-order chi connectivity index (χ0) is 24.6. The number of pyridine rings is 3. The van der Waals surface area contributed by atoms with Gasteiger partial charge in [0.05, 0.1) is 47.2 Å². The zero-order valence-electron chi connectivity index (χ0n) is 17.3. The van der Waals surface area contributed by atoms with Crippen molar-refractivity contribution in [2.45, 2.75) is 6.18 Å². The van der Waals surface area contributed by atoms with Crippen molar-refractivity contribution >= 4 is 22.6 Å². The number of fused-ring (bicyclic) bond motifs is 1. The highest BCUT2D eigenvalue weighted by molar-refractivity contribution is 6.05. The van der Waals surface area contributed by atoms with E-state index in [0.29, 0.717) is 10.2 Å². The minimum absolute atomic E-state index is 0.0000646. The summed E-state index contributed by atoms with van der Waals surface area (Å²) in [6, 6.07) is 7.66. The summed E-state index contributed by atoms with van der Waals surface area (Å²) in [4.78, 5) is 26.2. The van der Waals surface area contributed by atoms with Crippen molar-refractivity contribution in [3.05, 3.63) is 78.3 Å². The molecule has 0 atom stereocenters. The van der Waals surface area contributed by atoms with Crippen LogP contribution < -0.4 is 5.32 Å². The van der Waals surface area contributed by atoms with Crippen molar-refractivity contribution < 1.29 is 18.0 Å². The number of anilines is 1. The number of amides is 1. The highest BCUT2D eigenvalue weighted by Crippen LogP contribution is 2.35. The average molecular weight is 476 g/mol. The van der Waals surface area contributed by atoms with Gasteiger partial charge in [0.25, 0.3) is 5.91 Å². The topological polar surface area (TPSA) is 140 Å². The van der Waals surface area contributed by atoms with Gasteiger partial charge in [0.1, 0.15) is 17.1 Å². The molecule has 5 rings (SSSR count). The lowest BCUT2D eigenvalue weighted by Gasteiger charge is -2.14. The van der Waals surface area contributed by atoms with Crippen molar-refractivity contribution in [1.29, 1.82) is 5.26 Å². The highest BCUT2D eigenvalue weighted by atomic mass is 19.4. The van der Waals surface area contributed by atoms with Crippen LogP contribution in [0, 0.1) is 11.3 Å². The Morgan fingerprint density at radius 3 is 2.54 bits per heavy atom. The van der Waals surface area contributed by atoms with Crippen LogP contribution in [0.15, 0.2) is 61.4 Å². The van der Waals surface area contributed by atoms with Gasteiger partial charge in [0.2, 0.25) is 0 Å². The number of rotatable bonds is 4. The molecular weight excluding hydrogens is 465 g/mol. The molecule has 0 aromatic carbocycles. The number of aromatic nitrogens is 8. The maximum atomic E-state index is 14.1.